The van der Waals surface area contributed by atoms with Crippen LogP contribution < -0.4 is 5.32 Å². The lowest BCUT2D eigenvalue weighted by Gasteiger charge is -2.07. The van der Waals surface area contributed by atoms with Crippen molar-refractivity contribution in [3.8, 4) is 0 Å². The molecule has 18 heavy (non-hydrogen) atoms. The monoisotopic (exact) mass is 264 g/mol. The standard InChI is InChI=1S/C12H16N4OS/c1-7-4-13-5-10(7)12-15-11(16-17-12)3-9-6-18-8(2)14-9/h6-7,10,13H,3-5H2,1-2H3. The minimum absolute atomic E-state index is 0.350. The maximum absolute atomic E-state index is 5.37. The fraction of sp³-hybridized carbons (Fsp3) is 0.583. The molecule has 3 heterocycles. The van der Waals surface area contributed by atoms with Crippen LogP contribution in [0.3, 0.4) is 0 Å². The molecule has 0 spiro atoms. The highest BCUT2D eigenvalue weighted by atomic mass is 32.1. The largest absolute Gasteiger partial charge is 0.339 e. The van der Waals surface area contributed by atoms with Gasteiger partial charge in [0.1, 0.15) is 0 Å². The van der Waals surface area contributed by atoms with E-state index in [1.807, 2.05) is 12.3 Å². The van der Waals surface area contributed by atoms with Crippen molar-refractivity contribution in [1.82, 2.24) is 20.4 Å². The summed E-state index contributed by atoms with van der Waals surface area (Å²) in [7, 11) is 0. The van der Waals surface area contributed by atoms with Gasteiger partial charge >= 0.3 is 0 Å². The van der Waals surface area contributed by atoms with Crippen molar-refractivity contribution in [3.63, 3.8) is 0 Å². The molecule has 1 saturated heterocycles. The Morgan fingerprint density at radius 2 is 2.33 bits per heavy atom. The van der Waals surface area contributed by atoms with Crippen molar-refractivity contribution in [1.29, 1.82) is 0 Å². The van der Waals surface area contributed by atoms with Gasteiger partial charge in [-0.25, -0.2) is 4.98 Å². The lowest BCUT2D eigenvalue weighted by atomic mass is 9.98. The van der Waals surface area contributed by atoms with Gasteiger partial charge in [-0.3, -0.25) is 0 Å². The number of hydrogen-bond acceptors (Lipinski definition) is 6. The van der Waals surface area contributed by atoms with Crippen molar-refractivity contribution in [2.45, 2.75) is 26.2 Å². The molecule has 0 saturated carbocycles. The van der Waals surface area contributed by atoms with Crippen LogP contribution in [0.4, 0.5) is 0 Å². The minimum Gasteiger partial charge on any atom is -0.339 e. The summed E-state index contributed by atoms with van der Waals surface area (Å²) in [5.41, 5.74) is 1.02. The van der Waals surface area contributed by atoms with Crippen LogP contribution in [-0.4, -0.2) is 28.2 Å². The van der Waals surface area contributed by atoms with Gasteiger partial charge in [0.25, 0.3) is 0 Å². The summed E-state index contributed by atoms with van der Waals surface area (Å²) in [5.74, 6) is 2.40. The van der Waals surface area contributed by atoms with E-state index in [1.165, 1.54) is 0 Å². The highest BCUT2D eigenvalue weighted by molar-refractivity contribution is 7.09. The van der Waals surface area contributed by atoms with E-state index >= 15 is 0 Å². The maximum Gasteiger partial charge on any atom is 0.231 e. The van der Waals surface area contributed by atoms with Gasteiger partial charge in [0, 0.05) is 11.9 Å². The SMILES string of the molecule is Cc1nc(Cc2noc(C3CNCC3C)n2)cs1. The van der Waals surface area contributed by atoms with Crippen LogP contribution in [0.15, 0.2) is 9.90 Å². The molecule has 5 nitrogen and oxygen atoms in total. The Bertz CT molecular complexity index is 536. The smallest absolute Gasteiger partial charge is 0.231 e. The second-order valence-electron chi connectivity index (χ2n) is 4.83. The predicted molar refractivity (Wildman–Crippen MR) is 68.7 cm³/mol. The summed E-state index contributed by atoms with van der Waals surface area (Å²) in [4.78, 5) is 8.91. The topological polar surface area (TPSA) is 63.8 Å². The van der Waals surface area contributed by atoms with Gasteiger partial charge in [0.05, 0.1) is 23.0 Å². The summed E-state index contributed by atoms with van der Waals surface area (Å²) < 4.78 is 5.37. The molecule has 3 rings (SSSR count). The molecule has 2 atom stereocenters. The van der Waals surface area contributed by atoms with Crippen LogP contribution in [0.2, 0.25) is 0 Å². The first-order valence-corrected chi connectivity index (χ1v) is 7.04. The van der Waals surface area contributed by atoms with Crippen LogP contribution in [0.5, 0.6) is 0 Å². The van der Waals surface area contributed by atoms with Crippen molar-refractivity contribution in [2.24, 2.45) is 5.92 Å². The van der Waals surface area contributed by atoms with E-state index in [2.05, 4.69) is 27.4 Å². The van der Waals surface area contributed by atoms with E-state index in [0.717, 1.165) is 35.5 Å². The molecule has 2 aromatic rings. The second kappa shape index (κ2) is 4.78. The van der Waals surface area contributed by atoms with Crippen LogP contribution in [0.25, 0.3) is 0 Å². The van der Waals surface area contributed by atoms with Crippen molar-refractivity contribution < 1.29 is 4.52 Å². The fourth-order valence-electron chi connectivity index (χ4n) is 2.28. The Morgan fingerprint density at radius 1 is 1.44 bits per heavy atom. The summed E-state index contributed by atoms with van der Waals surface area (Å²) in [5, 5.41) is 10.5. The molecule has 0 radical (unpaired) electrons. The lowest BCUT2D eigenvalue weighted by Crippen LogP contribution is -2.08. The summed E-state index contributed by atoms with van der Waals surface area (Å²) in [6.45, 7) is 6.16. The average Bonchev–Trinajstić information content (AvgIpc) is 3.02. The van der Waals surface area contributed by atoms with E-state index in [4.69, 9.17) is 4.52 Å². The Hall–Kier alpha value is -1.27. The molecule has 2 unspecified atom stereocenters. The highest BCUT2D eigenvalue weighted by Crippen LogP contribution is 2.26. The molecule has 6 heteroatoms. The number of aromatic nitrogens is 3. The van der Waals surface area contributed by atoms with Crippen LogP contribution in [0, 0.1) is 12.8 Å². The molecule has 0 bridgehead atoms. The summed E-state index contributed by atoms with van der Waals surface area (Å²) in [6, 6.07) is 0. The summed E-state index contributed by atoms with van der Waals surface area (Å²) in [6.07, 6.45) is 0.655. The van der Waals surface area contributed by atoms with Gasteiger partial charge in [-0.1, -0.05) is 12.1 Å². The van der Waals surface area contributed by atoms with Crippen molar-refractivity contribution in [2.75, 3.05) is 13.1 Å². The molecular formula is C12H16N4OS. The van der Waals surface area contributed by atoms with Gasteiger partial charge in [0.15, 0.2) is 5.82 Å². The maximum atomic E-state index is 5.37. The van der Waals surface area contributed by atoms with Gasteiger partial charge in [-0.05, 0) is 19.4 Å². The Morgan fingerprint density at radius 3 is 3.00 bits per heavy atom. The molecule has 1 aliphatic rings. The first-order valence-electron chi connectivity index (χ1n) is 6.16. The minimum atomic E-state index is 0.350. The van der Waals surface area contributed by atoms with Crippen LogP contribution >= 0.6 is 11.3 Å². The number of hydrogen-bond donors (Lipinski definition) is 1. The molecule has 96 valence electrons. The van der Waals surface area contributed by atoms with Gasteiger partial charge in [0.2, 0.25) is 5.89 Å². The molecule has 1 N–H and O–H groups in total. The zero-order valence-corrected chi connectivity index (χ0v) is 11.3. The number of aryl methyl sites for hydroxylation is 1. The second-order valence-corrected chi connectivity index (χ2v) is 5.89. The lowest BCUT2D eigenvalue weighted by molar-refractivity contribution is 0.337. The number of nitrogens with one attached hydrogen (secondary N) is 1. The summed E-state index contributed by atoms with van der Waals surface area (Å²) >= 11 is 1.65. The number of thiazole rings is 1. The first kappa shape index (κ1) is 11.8. The molecular weight excluding hydrogens is 248 g/mol. The third kappa shape index (κ3) is 2.30. The number of nitrogens with zero attached hydrogens (tertiary/aromatic N) is 3. The fourth-order valence-corrected chi connectivity index (χ4v) is 2.89. The first-order chi connectivity index (χ1) is 8.72. The average molecular weight is 264 g/mol. The van der Waals surface area contributed by atoms with Gasteiger partial charge in [-0.15, -0.1) is 11.3 Å². The molecule has 0 aromatic carbocycles. The molecule has 1 fully saturated rings. The van der Waals surface area contributed by atoms with Crippen LogP contribution in [-0.2, 0) is 6.42 Å². The third-order valence-corrected chi connectivity index (χ3v) is 4.15. The van der Waals surface area contributed by atoms with Crippen molar-refractivity contribution >= 4 is 11.3 Å². The predicted octanol–water partition coefficient (Wildman–Crippen LogP) is 1.75. The van der Waals surface area contributed by atoms with Gasteiger partial charge in [-0.2, -0.15) is 4.98 Å². The molecule has 1 aliphatic heterocycles. The quantitative estimate of drug-likeness (QED) is 0.915. The molecule has 2 aromatic heterocycles. The van der Waals surface area contributed by atoms with Crippen molar-refractivity contribution in [3.05, 3.63) is 27.8 Å². The van der Waals surface area contributed by atoms with E-state index in [0.29, 0.717) is 18.3 Å². The van der Waals surface area contributed by atoms with Crippen LogP contribution in [0.1, 0.15) is 35.3 Å². The highest BCUT2D eigenvalue weighted by Gasteiger charge is 2.29. The molecule has 0 aliphatic carbocycles. The number of rotatable bonds is 3. The van der Waals surface area contributed by atoms with E-state index in [-0.39, 0.29) is 0 Å². The molecule has 0 amide bonds. The van der Waals surface area contributed by atoms with E-state index in [1.54, 1.807) is 11.3 Å². The Kier molecular flexibility index (Phi) is 3.13. The Balaban J connectivity index is 1.73. The zero-order valence-electron chi connectivity index (χ0n) is 10.5. The van der Waals surface area contributed by atoms with E-state index in [9.17, 15) is 0 Å². The van der Waals surface area contributed by atoms with Gasteiger partial charge < -0.3 is 9.84 Å². The third-order valence-electron chi connectivity index (χ3n) is 3.32. The Labute approximate surface area is 110 Å². The zero-order chi connectivity index (χ0) is 12.5. The normalized spacial score (nSPS) is 23.7. The van der Waals surface area contributed by atoms with E-state index < -0.39 is 0 Å².